The highest BCUT2D eigenvalue weighted by molar-refractivity contribution is 5.82. The quantitative estimate of drug-likeness (QED) is 0.463. The monoisotopic (exact) mass is 220 g/mol. The molecule has 4 heteroatoms. The summed E-state index contributed by atoms with van der Waals surface area (Å²) in [5, 5.41) is 0. The lowest BCUT2D eigenvalue weighted by atomic mass is 10.2. The smallest absolute Gasteiger partial charge is 0.332 e. The predicted octanol–water partition coefficient (Wildman–Crippen LogP) is 1.42. The SMILES string of the molecule is CC(N)=CC(=O)OCCCc1cccnc1. The van der Waals surface area contributed by atoms with E-state index in [0.29, 0.717) is 12.3 Å². The van der Waals surface area contributed by atoms with E-state index in [1.165, 1.54) is 6.08 Å². The molecule has 1 heterocycles. The third-order valence-electron chi connectivity index (χ3n) is 1.92. The lowest BCUT2D eigenvalue weighted by Crippen LogP contribution is -2.06. The van der Waals surface area contributed by atoms with Crippen LogP contribution in [-0.4, -0.2) is 17.6 Å². The number of esters is 1. The van der Waals surface area contributed by atoms with Crippen LogP contribution in [0.3, 0.4) is 0 Å². The molecule has 0 bridgehead atoms. The van der Waals surface area contributed by atoms with Crippen molar-refractivity contribution in [2.75, 3.05) is 6.61 Å². The highest BCUT2D eigenvalue weighted by Crippen LogP contribution is 2.00. The van der Waals surface area contributed by atoms with Gasteiger partial charge >= 0.3 is 5.97 Å². The number of nitrogens with two attached hydrogens (primary N) is 1. The Labute approximate surface area is 95.1 Å². The summed E-state index contributed by atoms with van der Waals surface area (Å²) in [5.74, 6) is -0.383. The summed E-state index contributed by atoms with van der Waals surface area (Å²) in [6.07, 6.45) is 6.47. The van der Waals surface area contributed by atoms with Crippen molar-refractivity contribution in [2.45, 2.75) is 19.8 Å². The first kappa shape index (κ1) is 12.2. The van der Waals surface area contributed by atoms with Crippen LogP contribution in [-0.2, 0) is 16.0 Å². The van der Waals surface area contributed by atoms with Gasteiger partial charge in [0.15, 0.2) is 0 Å². The van der Waals surface area contributed by atoms with E-state index in [1.54, 1.807) is 13.1 Å². The van der Waals surface area contributed by atoms with Gasteiger partial charge in [0.05, 0.1) is 6.61 Å². The number of allylic oxidation sites excluding steroid dienone is 1. The summed E-state index contributed by atoms with van der Waals surface area (Å²) in [5.41, 5.74) is 6.94. The van der Waals surface area contributed by atoms with Crippen LogP contribution in [0, 0.1) is 0 Å². The molecule has 1 rings (SSSR count). The lowest BCUT2D eigenvalue weighted by molar-refractivity contribution is -0.137. The van der Waals surface area contributed by atoms with Crippen molar-refractivity contribution in [3.63, 3.8) is 0 Å². The topological polar surface area (TPSA) is 65.2 Å². The summed E-state index contributed by atoms with van der Waals surface area (Å²) < 4.78 is 4.96. The van der Waals surface area contributed by atoms with Gasteiger partial charge in [0.1, 0.15) is 0 Å². The van der Waals surface area contributed by atoms with Gasteiger partial charge < -0.3 is 10.5 Å². The highest BCUT2D eigenvalue weighted by atomic mass is 16.5. The second-order valence-electron chi connectivity index (χ2n) is 3.52. The Morgan fingerprint density at radius 2 is 2.44 bits per heavy atom. The molecule has 86 valence electrons. The first-order chi connectivity index (χ1) is 7.68. The van der Waals surface area contributed by atoms with Crippen molar-refractivity contribution >= 4 is 5.97 Å². The van der Waals surface area contributed by atoms with Gasteiger partial charge in [-0.1, -0.05) is 6.07 Å². The van der Waals surface area contributed by atoms with E-state index in [2.05, 4.69) is 4.98 Å². The van der Waals surface area contributed by atoms with Crippen LogP contribution in [0.25, 0.3) is 0 Å². The Morgan fingerprint density at radius 1 is 1.62 bits per heavy atom. The fraction of sp³-hybridized carbons (Fsp3) is 0.333. The highest BCUT2D eigenvalue weighted by Gasteiger charge is 1.98. The second kappa shape index (κ2) is 6.61. The number of pyridine rings is 1. The van der Waals surface area contributed by atoms with E-state index in [0.717, 1.165) is 18.4 Å². The molecule has 4 nitrogen and oxygen atoms in total. The van der Waals surface area contributed by atoms with Gasteiger partial charge in [-0.05, 0) is 31.4 Å². The van der Waals surface area contributed by atoms with Crippen molar-refractivity contribution in [3.8, 4) is 0 Å². The Balaban J connectivity index is 2.18. The molecular weight excluding hydrogens is 204 g/mol. The first-order valence-corrected chi connectivity index (χ1v) is 5.18. The Kier molecular flexibility index (Phi) is 5.05. The normalized spacial score (nSPS) is 11.2. The number of nitrogens with zero attached hydrogens (tertiary/aromatic N) is 1. The van der Waals surface area contributed by atoms with Gasteiger partial charge in [0.2, 0.25) is 0 Å². The molecule has 0 radical (unpaired) electrons. The number of hydrogen-bond donors (Lipinski definition) is 1. The number of aryl methyl sites for hydroxylation is 1. The number of carbonyl (C=O) groups is 1. The van der Waals surface area contributed by atoms with Crippen LogP contribution in [0.2, 0.25) is 0 Å². The Hall–Kier alpha value is -1.84. The Morgan fingerprint density at radius 3 is 3.06 bits per heavy atom. The van der Waals surface area contributed by atoms with Gasteiger partial charge in [-0.25, -0.2) is 4.79 Å². The van der Waals surface area contributed by atoms with E-state index in [4.69, 9.17) is 10.5 Å². The maximum Gasteiger partial charge on any atom is 0.332 e. The average molecular weight is 220 g/mol. The number of ether oxygens (including phenoxy) is 1. The molecule has 0 amide bonds. The predicted molar refractivity (Wildman–Crippen MR) is 61.5 cm³/mol. The maximum atomic E-state index is 11.1. The minimum absolute atomic E-state index is 0.383. The maximum absolute atomic E-state index is 11.1. The Bertz CT molecular complexity index is 357. The van der Waals surface area contributed by atoms with Gasteiger partial charge in [0, 0.05) is 24.2 Å². The molecular formula is C12H16N2O2. The zero-order chi connectivity index (χ0) is 11.8. The summed E-state index contributed by atoms with van der Waals surface area (Å²) in [6.45, 7) is 2.05. The molecule has 0 aliphatic rings. The summed E-state index contributed by atoms with van der Waals surface area (Å²) in [6, 6.07) is 3.89. The standard InChI is InChI=1S/C12H16N2O2/c1-10(13)8-12(15)16-7-3-5-11-4-2-6-14-9-11/h2,4,6,8-9H,3,5,7,13H2,1H3. The van der Waals surface area contributed by atoms with Crippen LogP contribution >= 0.6 is 0 Å². The number of hydrogen-bond acceptors (Lipinski definition) is 4. The third kappa shape index (κ3) is 5.14. The van der Waals surface area contributed by atoms with Gasteiger partial charge in [-0.15, -0.1) is 0 Å². The van der Waals surface area contributed by atoms with E-state index in [-0.39, 0.29) is 5.97 Å². The van der Waals surface area contributed by atoms with Gasteiger partial charge in [0.25, 0.3) is 0 Å². The van der Waals surface area contributed by atoms with E-state index in [1.807, 2.05) is 18.3 Å². The van der Waals surface area contributed by atoms with Crippen LogP contribution in [0.1, 0.15) is 18.9 Å². The molecule has 1 aromatic heterocycles. The van der Waals surface area contributed by atoms with Gasteiger partial charge in [-0.2, -0.15) is 0 Å². The molecule has 0 saturated heterocycles. The van der Waals surface area contributed by atoms with Crippen molar-refractivity contribution in [1.29, 1.82) is 0 Å². The van der Waals surface area contributed by atoms with Crippen molar-refractivity contribution in [2.24, 2.45) is 5.73 Å². The molecule has 16 heavy (non-hydrogen) atoms. The molecule has 0 spiro atoms. The number of carbonyl (C=O) groups excluding carboxylic acids is 1. The average Bonchev–Trinajstić information content (AvgIpc) is 2.25. The third-order valence-corrected chi connectivity index (χ3v) is 1.92. The molecule has 0 saturated carbocycles. The fourth-order valence-corrected chi connectivity index (χ4v) is 1.22. The number of aromatic nitrogens is 1. The lowest BCUT2D eigenvalue weighted by Gasteiger charge is -2.02. The molecule has 0 unspecified atom stereocenters. The zero-order valence-electron chi connectivity index (χ0n) is 9.35. The molecule has 1 aromatic rings. The van der Waals surface area contributed by atoms with E-state index < -0.39 is 0 Å². The summed E-state index contributed by atoms with van der Waals surface area (Å²) in [4.78, 5) is 15.1. The molecule has 0 atom stereocenters. The van der Waals surface area contributed by atoms with Crippen LogP contribution in [0.15, 0.2) is 36.3 Å². The minimum atomic E-state index is -0.383. The zero-order valence-corrected chi connectivity index (χ0v) is 9.35. The van der Waals surface area contributed by atoms with Crippen LogP contribution < -0.4 is 5.73 Å². The fourth-order valence-electron chi connectivity index (χ4n) is 1.22. The van der Waals surface area contributed by atoms with Crippen molar-refractivity contribution < 1.29 is 9.53 Å². The largest absolute Gasteiger partial charge is 0.462 e. The second-order valence-corrected chi connectivity index (χ2v) is 3.52. The van der Waals surface area contributed by atoms with Crippen molar-refractivity contribution in [3.05, 3.63) is 41.9 Å². The molecule has 0 fully saturated rings. The first-order valence-electron chi connectivity index (χ1n) is 5.18. The van der Waals surface area contributed by atoms with E-state index >= 15 is 0 Å². The van der Waals surface area contributed by atoms with E-state index in [9.17, 15) is 4.79 Å². The number of rotatable bonds is 5. The van der Waals surface area contributed by atoms with Gasteiger partial charge in [-0.3, -0.25) is 4.98 Å². The van der Waals surface area contributed by atoms with Crippen molar-refractivity contribution in [1.82, 2.24) is 4.98 Å². The minimum Gasteiger partial charge on any atom is -0.462 e. The summed E-state index contributed by atoms with van der Waals surface area (Å²) >= 11 is 0. The van der Waals surface area contributed by atoms with Crippen LogP contribution in [0.4, 0.5) is 0 Å². The summed E-state index contributed by atoms with van der Waals surface area (Å²) in [7, 11) is 0. The molecule has 2 N–H and O–H groups in total. The van der Waals surface area contributed by atoms with Crippen LogP contribution in [0.5, 0.6) is 0 Å². The molecule has 0 aliphatic heterocycles. The molecule has 0 aliphatic carbocycles. The molecule has 0 aromatic carbocycles.